The van der Waals surface area contributed by atoms with Gasteiger partial charge >= 0.3 is 0 Å². The van der Waals surface area contributed by atoms with Crippen molar-refractivity contribution in [1.29, 1.82) is 0 Å². The molecule has 0 saturated carbocycles. The van der Waals surface area contributed by atoms with Crippen LogP contribution in [0.25, 0.3) is 0 Å². The van der Waals surface area contributed by atoms with E-state index < -0.39 is 0 Å². The molecule has 1 amide bonds. The largest absolute Gasteiger partial charge is 0.494 e. The lowest BCUT2D eigenvalue weighted by Gasteiger charge is -2.33. The van der Waals surface area contributed by atoms with Crippen LogP contribution >= 0.6 is 11.6 Å². The fourth-order valence-corrected chi connectivity index (χ4v) is 3.10. The number of amides is 1. The summed E-state index contributed by atoms with van der Waals surface area (Å²) >= 11 is 6.09. The second kappa shape index (κ2) is 9.46. The summed E-state index contributed by atoms with van der Waals surface area (Å²) in [5.74, 6) is 1.96. The van der Waals surface area contributed by atoms with Gasteiger partial charge < -0.3 is 19.1 Å². The number of carbonyl (C=O) groups excluding carboxylic acids is 1. The SMILES string of the molecule is CCOc1ccc(OCC(=O)N2CCCC(Oc3ccncc3Cl)C2)cc1. The molecule has 3 rings (SSSR count). The van der Waals surface area contributed by atoms with Crippen molar-refractivity contribution in [1.82, 2.24) is 9.88 Å². The van der Waals surface area contributed by atoms with E-state index in [1.165, 1.54) is 0 Å². The Balaban J connectivity index is 1.50. The third kappa shape index (κ3) is 5.50. The van der Waals surface area contributed by atoms with Gasteiger partial charge in [-0.25, -0.2) is 0 Å². The predicted octanol–water partition coefficient (Wildman–Crippen LogP) is 3.58. The number of aromatic nitrogens is 1. The maximum Gasteiger partial charge on any atom is 0.260 e. The van der Waals surface area contributed by atoms with E-state index in [1.54, 1.807) is 35.5 Å². The molecule has 1 aromatic heterocycles. The van der Waals surface area contributed by atoms with Gasteiger partial charge in [0, 0.05) is 25.0 Å². The van der Waals surface area contributed by atoms with E-state index in [0.717, 1.165) is 18.6 Å². The van der Waals surface area contributed by atoms with E-state index in [2.05, 4.69) is 4.98 Å². The third-order valence-electron chi connectivity index (χ3n) is 4.26. The smallest absolute Gasteiger partial charge is 0.260 e. The molecule has 2 heterocycles. The Bertz CT molecular complexity index is 754. The van der Waals surface area contributed by atoms with E-state index in [-0.39, 0.29) is 18.6 Å². The minimum Gasteiger partial charge on any atom is -0.494 e. The van der Waals surface area contributed by atoms with Crippen LogP contribution in [0, 0.1) is 0 Å². The minimum absolute atomic E-state index is 0.00326. The van der Waals surface area contributed by atoms with Crippen LogP contribution in [-0.4, -0.2) is 48.2 Å². The van der Waals surface area contributed by atoms with Gasteiger partial charge in [-0.15, -0.1) is 0 Å². The van der Waals surface area contributed by atoms with Gasteiger partial charge in [0.15, 0.2) is 6.61 Å². The fraction of sp³-hybridized carbons (Fsp3) is 0.400. The molecule has 0 aliphatic carbocycles. The molecule has 0 N–H and O–H groups in total. The maximum absolute atomic E-state index is 12.5. The number of carbonyl (C=O) groups is 1. The molecule has 0 radical (unpaired) electrons. The molecule has 1 aliphatic rings. The molecule has 1 fully saturated rings. The molecule has 1 saturated heterocycles. The van der Waals surface area contributed by atoms with Gasteiger partial charge in [-0.1, -0.05) is 11.6 Å². The highest BCUT2D eigenvalue weighted by molar-refractivity contribution is 6.31. The van der Waals surface area contributed by atoms with Crippen molar-refractivity contribution in [3.63, 3.8) is 0 Å². The van der Waals surface area contributed by atoms with E-state index in [9.17, 15) is 4.79 Å². The zero-order valence-electron chi connectivity index (χ0n) is 15.3. The lowest BCUT2D eigenvalue weighted by molar-refractivity contribution is -0.136. The number of nitrogens with zero attached hydrogens (tertiary/aromatic N) is 2. The van der Waals surface area contributed by atoms with Crippen molar-refractivity contribution in [2.45, 2.75) is 25.9 Å². The first-order valence-electron chi connectivity index (χ1n) is 9.05. The Morgan fingerprint density at radius 1 is 1.22 bits per heavy atom. The van der Waals surface area contributed by atoms with Gasteiger partial charge in [-0.3, -0.25) is 9.78 Å². The van der Waals surface area contributed by atoms with Gasteiger partial charge in [-0.05, 0) is 44.0 Å². The topological polar surface area (TPSA) is 60.9 Å². The number of hydrogen-bond acceptors (Lipinski definition) is 5. The summed E-state index contributed by atoms with van der Waals surface area (Å²) in [6, 6.07) is 8.98. The molecule has 2 aromatic rings. The number of rotatable bonds is 7. The van der Waals surface area contributed by atoms with Crippen molar-refractivity contribution in [3.05, 3.63) is 47.7 Å². The van der Waals surface area contributed by atoms with Crippen LogP contribution in [0.2, 0.25) is 5.02 Å². The third-order valence-corrected chi connectivity index (χ3v) is 4.54. The Kier molecular flexibility index (Phi) is 6.76. The quantitative estimate of drug-likeness (QED) is 0.723. The molecular weight excluding hydrogens is 368 g/mol. The number of piperidine rings is 1. The van der Waals surface area contributed by atoms with Crippen LogP contribution in [0.4, 0.5) is 0 Å². The van der Waals surface area contributed by atoms with Crippen LogP contribution in [0.1, 0.15) is 19.8 Å². The molecule has 27 heavy (non-hydrogen) atoms. The van der Waals surface area contributed by atoms with E-state index in [0.29, 0.717) is 36.2 Å². The molecule has 7 heteroatoms. The number of ether oxygens (including phenoxy) is 3. The highest BCUT2D eigenvalue weighted by Gasteiger charge is 2.25. The molecule has 1 aromatic carbocycles. The maximum atomic E-state index is 12.5. The Morgan fingerprint density at radius 3 is 2.67 bits per heavy atom. The highest BCUT2D eigenvalue weighted by Crippen LogP contribution is 2.25. The average Bonchev–Trinajstić information content (AvgIpc) is 2.69. The summed E-state index contributed by atoms with van der Waals surface area (Å²) in [6.45, 7) is 3.76. The van der Waals surface area contributed by atoms with Crippen molar-refractivity contribution < 1.29 is 19.0 Å². The second-order valence-electron chi connectivity index (χ2n) is 6.22. The van der Waals surface area contributed by atoms with Crippen molar-refractivity contribution in [3.8, 4) is 17.2 Å². The standard InChI is InChI=1S/C20H23ClN2O4/c1-2-25-15-5-7-16(8-6-15)26-14-20(24)23-11-3-4-17(13-23)27-19-9-10-22-12-18(19)21/h5-10,12,17H,2-4,11,13-14H2,1H3. The molecule has 0 bridgehead atoms. The first kappa shape index (κ1) is 19.3. The average molecular weight is 391 g/mol. The summed E-state index contributed by atoms with van der Waals surface area (Å²) in [5, 5.41) is 0.472. The normalized spacial score (nSPS) is 16.7. The van der Waals surface area contributed by atoms with E-state index in [1.807, 2.05) is 19.1 Å². The van der Waals surface area contributed by atoms with Crippen LogP contribution < -0.4 is 14.2 Å². The van der Waals surface area contributed by atoms with E-state index >= 15 is 0 Å². The van der Waals surface area contributed by atoms with E-state index in [4.69, 9.17) is 25.8 Å². The Labute approximate surface area is 164 Å². The molecule has 1 atom stereocenters. The number of halogens is 1. The van der Waals surface area contributed by atoms with Gasteiger partial charge in [0.25, 0.3) is 5.91 Å². The van der Waals surface area contributed by atoms with Gasteiger partial charge in [0.05, 0.1) is 13.2 Å². The molecule has 1 aliphatic heterocycles. The predicted molar refractivity (Wildman–Crippen MR) is 103 cm³/mol. The number of likely N-dealkylation sites (tertiary alicyclic amines) is 1. The monoisotopic (exact) mass is 390 g/mol. The summed E-state index contributed by atoms with van der Waals surface area (Å²) in [7, 11) is 0. The van der Waals surface area contributed by atoms with Gasteiger partial charge in [0.1, 0.15) is 28.4 Å². The molecule has 0 spiro atoms. The summed E-state index contributed by atoms with van der Waals surface area (Å²) in [4.78, 5) is 18.2. The molecular formula is C20H23ClN2O4. The molecule has 1 unspecified atom stereocenters. The Morgan fingerprint density at radius 2 is 1.96 bits per heavy atom. The lowest BCUT2D eigenvalue weighted by Crippen LogP contribution is -2.46. The first-order valence-corrected chi connectivity index (χ1v) is 9.43. The number of hydrogen-bond donors (Lipinski definition) is 0. The summed E-state index contributed by atoms with van der Waals surface area (Å²) in [6.07, 6.45) is 4.85. The van der Waals surface area contributed by atoms with Gasteiger partial charge in [-0.2, -0.15) is 0 Å². The van der Waals surface area contributed by atoms with Crippen LogP contribution in [0.15, 0.2) is 42.7 Å². The minimum atomic E-state index is -0.0897. The summed E-state index contributed by atoms with van der Waals surface area (Å²) in [5.41, 5.74) is 0. The number of pyridine rings is 1. The number of benzene rings is 1. The van der Waals surface area contributed by atoms with Crippen molar-refractivity contribution in [2.75, 3.05) is 26.3 Å². The van der Waals surface area contributed by atoms with Crippen molar-refractivity contribution in [2.24, 2.45) is 0 Å². The fourth-order valence-electron chi connectivity index (χ4n) is 2.93. The highest BCUT2D eigenvalue weighted by atomic mass is 35.5. The lowest BCUT2D eigenvalue weighted by atomic mass is 10.1. The van der Waals surface area contributed by atoms with Crippen molar-refractivity contribution >= 4 is 17.5 Å². The van der Waals surface area contributed by atoms with Crippen LogP contribution in [-0.2, 0) is 4.79 Å². The molecule has 6 nitrogen and oxygen atoms in total. The van der Waals surface area contributed by atoms with Crippen LogP contribution in [0.3, 0.4) is 0 Å². The summed E-state index contributed by atoms with van der Waals surface area (Å²) < 4.78 is 16.9. The first-order chi connectivity index (χ1) is 13.2. The molecule has 144 valence electrons. The Hall–Kier alpha value is -2.47. The zero-order chi connectivity index (χ0) is 19.1. The zero-order valence-corrected chi connectivity index (χ0v) is 16.0. The van der Waals surface area contributed by atoms with Gasteiger partial charge in [0.2, 0.25) is 0 Å². The van der Waals surface area contributed by atoms with Crippen LogP contribution in [0.5, 0.6) is 17.2 Å². The second-order valence-corrected chi connectivity index (χ2v) is 6.63.